The summed E-state index contributed by atoms with van der Waals surface area (Å²) in [7, 11) is 1.74. The van der Waals surface area contributed by atoms with E-state index in [0.29, 0.717) is 5.52 Å². The summed E-state index contributed by atoms with van der Waals surface area (Å²) in [4.78, 5) is 25.3. The Morgan fingerprint density at radius 2 is 1.92 bits per heavy atom. The molecule has 0 spiro atoms. The van der Waals surface area contributed by atoms with Crippen LogP contribution in [-0.4, -0.2) is 20.3 Å². The van der Waals surface area contributed by atoms with Gasteiger partial charge in [-0.25, -0.2) is 0 Å². The molecule has 2 aromatic heterocycles. The van der Waals surface area contributed by atoms with Crippen molar-refractivity contribution in [3.05, 3.63) is 58.1 Å². The van der Waals surface area contributed by atoms with Crippen LogP contribution in [-0.2, 0) is 11.8 Å². The van der Waals surface area contributed by atoms with Crippen LogP contribution in [0.5, 0.6) is 0 Å². The lowest BCUT2D eigenvalue weighted by Crippen LogP contribution is -2.32. The Balaban J connectivity index is 1.97. The van der Waals surface area contributed by atoms with Crippen LogP contribution in [0.4, 0.5) is 5.69 Å². The highest BCUT2D eigenvalue weighted by atomic mass is 16.2. The molecule has 1 aromatic carbocycles. The van der Waals surface area contributed by atoms with Gasteiger partial charge in [0, 0.05) is 24.3 Å². The molecule has 0 saturated carbocycles. The highest BCUT2D eigenvalue weighted by Gasteiger charge is 2.19. The molecule has 6 nitrogen and oxygen atoms in total. The van der Waals surface area contributed by atoms with Crippen molar-refractivity contribution in [2.75, 3.05) is 5.32 Å². The molecule has 0 saturated heterocycles. The van der Waals surface area contributed by atoms with Gasteiger partial charge in [-0.05, 0) is 38.5 Å². The van der Waals surface area contributed by atoms with E-state index in [-0.39, 0.29) is 11.5 Å². The molecule has 6 heteroatoms. The van der Waals surface area contributed by atoms with Gasteiger partial charge in [-0.1, -0.05) is 18.2 Å². The Kier molecular flexibility index (Phi) is 3.97. The minimum Gasteiger partial charge on any atom is -0.324 e. The predicted octanol–water partition coefficient (Wildman–Crippen LogP) is 2.55. The van der Waals surface area contributed by atoms with Crippen molar-refractivity contribution in [2.24, 2.45) is 7.05 Å². The van der Waals surface area contributed by atoms with Gasteiger partial charge in [-0.3, -0.25) is 14.3 Å². The molecular weight excluding hydrogens is 304 g/mol. The summed E-state index contributed by atoms with van der Waals surface area (Å²) in [6.45, 7) is 5.50. The first kappa shape index (κ1) is 16.0. The van der Waals surface area contributed by atoms with Gasteiger partial charge >= 0.3 is 0 Å². The predicted molar refractivity (Wildman–Crippen MR) is 94.2 cm³/mol. The summed E-state index contributed by atoms with van der Waals surface area (Å²) >= 11 is 0. The number of nitrogens with zero attached hydrogens (tertiary/aromatic N) is 3. The third-order valence-electron chi connectivity index (χ3n) is 4.31. The monoisotopic (exact) mass is 324 g/mol. The van der Waals surface area contributed by atoms with Gasteiger partial charge in [-0.2, -0.15) is 5.10 Å². The van der Waals surface area contributed by atoms with Crippen LogP contribution in [0.2, 0.25) is 0 Å². The van der Waals surface area contributed by atoms with Gasteiger partial charge < -0.3 is 9.88 Å². The number of amides is 1. The number of benzene rings is 1. The average molecular weight is 324 g/mol. The van der Waals surface area contributed by atoms with Crippen LogP contribution in [0.25, 0.3) is 10.9 Å². The molecule has 0 bridgehead atoms. The zero-order valence-corrected chi connectivity index (χ0v) is 14.2. The maximum atomic E-state index is 12.8. The van der Waals surface area contributed by atoms with Crippen LogP contribution in [0.15, 0.2) is 41.3 Å². The number of pyridine rings is 1. The second-order valence-electron chi connectivity index (χ2n) is 5.98. The molecule has 3 aromatic rings. The summed E-state index contributed by atoms with van der Waals surface area (Å²) in [6.07, 6.45) is 1.65. The Morgan fingerprint density at radius 1 is 1.21 bits per heavy atom. The molecule has 1 amide bonds. The Hall–Kier alpha value is -2.89. The molecular formula is C18H20N4O2. The largest absolute Gasteiger partial charge is 0.324 e. The van der Waals surface area contributed by atoms with Crippen molar-refractivity contribution in [1.29, 1.82) is 0 Å². The van der Waals surface area contributed by atoms with Crippen molar-refractivity contribution in [3.8, 4) is 0 Å². The first-order valence-electron chi connectivity index (χ1n) is 7.81. The Bertz CT molecular complexity index is 984. The molecule has 0 radical (unpaired) electrons. The number of hydrogen-bond acceptors (Lipinski definition) is 3. The molecule has 24 heavy (non-hydrogen) atoms. The number of rotatable bonds is 3. The first-order chi connectivity index (χ1) is 11.4. The molecule has 0 aliphatic carbocycles. The number of carbonyl (C=O) groups is 1. The van der Waals surface area contributed by atoms with Crippen molar-refractivity contribution < 1.29 is 4.79 Å². The number of carbonyl (C=O) groups excluding carboxylic acids is 1. The third-order valence-corrected chi connectivity index (χ3v) is 4.31. The molecule has 1 N–H and O–H groups in total. The van der Waals surface area contributed by atoms with E-state index in [1.807, 2.05) is 44.2 Å². The summed E-state index contributed by atoms with van der Waals surface area (Å²) in [6, 6.07) is 8.75. The first-order valence-corrected chi connectivity index (χ1v) is 7.81. The summed E-state index contributed by atoms with van der Waals surface area (Å²) in [5.41, 5.74) is 2.81. The van der Waals surface area contributed by atoms with Gasteiger partial charge in [0.2, 0.25) is 5.91 Å². The second kappa shape index (κ2) is 5.96. The van der Waals surface area contributed by atoms with E-state index in [2.05, 4.69) is 10.4 Å². The molecule has 0 aliphatic heterocycles. The van der Waals surface area contributed by atoms with Crippen LogP contribution in [0.1, 0.15) is 24.2 Å². The van der Waals surface area contributed by atoms with Crippen LogP contribution >= 0.6 is 0 Å². The van der Waals surface area contributed by atoms with Gasteiger partial charge in [0.15, 0.2) is 0 Å². The van der Waals surface area contributed by atoms with Gasteiger partial charge in [-0.15, -0.1) is 0 Å². The van der Waals surface area contributed by atoms with E-state index in [0.717, 1.165) is 22.3 Å². The molecule has 0 unspecified atom stereocenters. The number of anilines is 1. The number of hydrogen-bond donors (Lipinski definition) is 1. The Labute approximate surface area is 139 Å². The lowest BCUT2D eigenvalue weighted by molar-refractivity contribution is -0.118. The highest BCUT2D eigenvalue weighted by molar-refractivity contribution is 5.94. The van der Waals surface area contributed by atoms with E-state index in [1.165, 1.54) is 4.57 Å². The molecule has 1 atom stereocenters. The molecule has 2 heterocycles. The van der Waals surface area contributed by atoms with E-state index < -0.39 is 6.04 Å². The van der Waals surface area contributed by atoms with Crippen LogP contribution in [0, 0.1) is 13.8 Å². The number of aromatic nitrogens is 3. The standard InChI is InChI=1S/C18H20N4O2/c1-11-7-5-6-8-15(11)19-17(23)13(3)22-10-9-14-12(2)20-21(4)16(14)18(22)24/h5-10,13H,1-4H3,(H,19,23)/t13-/m1/s1. The number of aryl methyl sites for hydroxylation is 3. The minimum atomic E-state index is -0.628. The SMILES string of the molecule is Cc1ccccc1NC(=O)[C@@H](C)n1ccc2c(C)nn(C)c2c1=O. The average Bonchev–Trinajstić information content (AvgIpc) is 2.84. The van der Waals surface area contributed by atoms with Gasteiger partial charge in [0.25, 0.3) is 5.56 Å². The third kappa shape index (κ3) is 2.60. The highest BCUT2D eigenvalue weighted by Crippen LogP contribution is 2.17. The lowest BCUT2D eigenvalue weighted by Gasteiger charge is -2.16. The quantitative estimate of drug-likeness (QED) is 0.805. The topological polar surface area (TPSA) is 68.9 Å². The summed E-state index contributed by atoms with van der Waals surface area (Å²) in [5, 5.41) is 7.97. The second-order valence-corrected chi connectivity index (χ2v) is 5.98. The zero-order chi connectivity index (χ0) is 17.4. The fourth-order valence-electron chi connectivity index (χ4n) is 2.85. The minimum absolute atomic E-state index is 0.219. The summed E-state index contributed by atoms with van der Waals surface area (Å²) < 4.78 is 3.01. The smallest absolute Gasteiger partial charge is 0.277 e. The molecule has 3 rings (SSSR count). The molecule has 0 aliphatic rings. The van der Waals surface area contributed by atoms with Crippen LogP contribution in [0.3, 0.4) is 0 Å². The van der Waals surface area contributed by atoms with Gasteiger partial charge in [0.05, 0.1) is 5.69 Å². The van der Waals surface area contributed by atoms with E-state index in [9.17, 15) is 9.59 Å². The Morgan fingerprint density at radius 3 is 2.62 bits per heavy atom. The number of nitrogens with one attached hydrogen (secondary N) is 1. The van der Waals surface area contributed by atoms with Crippen molar-refractivity contribution >= 4 is 22.5 Å². The van der Waals surface area contributed by atoms with Crippen molar-refractivity contribution in [1.82, 2.24) is 14.3 Å². The van der Waals surface area contributed by atoms with Crippen molar-refractivity contribution in [2.45, 2.75) is 26.8 Å². The van der Waals surface area contributed by atoms with Crippen LogP contribution < -0.4 is 10.9 Å². The normalized spacial score (nSPS) is 12.3. The fourth-order valence-corrected chi connectivity index (χ4v) is 2.85. The van der Waals surface area contributed by atoms with E-state index in [1.54, 1.807) is 24.9 Å². The molecule has 0 fully saturated rings. The summed E-state index contributed by atoms with van der Waals surface area (Å²) in [5.74, 6) is -0.232. The number of para-hydroxylation sites is 1. The van der Waals surface area contributed by atoms with Crippen molar-refractivity contribution in [3.63, 3.8) is 0 Å². The zero-order valence-electron chi connectivity index (χ0n) is 14.2. The van der Waals surface area contributed by atoms with Gasteiger partial charge in [0.1, 0.15) is 11.6 Å². The lowest BCUT2D eigenvalue weighted by atomic mass is 10.2. The maximum Gasteiger partial charge on any atom is 0.277 e. The molecule has 124 valence electrons. The number of fused-ring (bicyclic) bond motifs is 1. The fraction of sp³-hybridized carbons (Fsp3) is 0.278. The maximum absolute atomic E-state index is 12.8. The van der Waals surface area contributed by atoms with E-state index >= 15 is 0 Å². The van der Waals surface area contributed by atoms with E-state index in [4.69, 9.17) is 0 Å².